The Morgan fingerprint density at radius 2 is 1.33 bits per heavy atom. The van der Waals surface area contributed by atoms with Gasteiger partial charge in [0.05, 0.1) is 0 Å². The van der Waals surface area contributed by atoms with Crippen molar-refractivity contribution in [2.24, 2.45) is 0 Å². The summed E-state index contributed by atoms with van der Waals surface area (Å²) in [5, 5.41) is 5.40. The van der Waals surface area contributed by atoms with Gasteiger partial charge >= 0.3 is 0 Å². The summed E-state index contributed by atoms with van der Waals surface area (Å²) >= 11 is 0. The highest BCUT2D eigenvalue weighted by atomic mass is 14.2. The number of benzene rings is 4. The lowest BCUT2D eigenvalue weighted by Gasteiger charge is -2.08. The second-order valence-corrected chi connectivity index (χ2v) is 5.85. The number of fused-ring (bicyclic) bond motifs is 6. The van der Waals surface area contributed by atoms with Gasteiger partial charge in [-0.25, -0.2) is 0 Å². The van der Waals surface area contributed by atoms with E-state index in [-0.39, 0.29) is 0 Å². The zero-order valence-electron chi connectivity index (χ0n) is 11.6. The van der Waals surface area contributed by atoms with Gasteiger partial charge in [0, 0.05) is 0 Å². The zero-order chi connectivity index (χ0) is 13.8. The Balaban J connectivity index is 1.89. The van der Waals surface area contributed by atoms with Crippen LogP contribution in [0.1, 0.15) is 11.1 Å². The molecule has 0 aliphatic heterocycles. The maximum Gasteiger partial charge on any atom is -0.000728 e. The molecule has 0 heterocycles. The number of hydrogen-bond acceptors (Lipinski definition) is 0. The van der Waals surface area contributed by atoms with E-state index in [9.17, 15) is 0 Å². The third-order valence-electron chi connectivity index (χ3n) is 4.67. The van der Waals surface area contributed by atoms with Crippen LogP contribution in [0.15, 0.2) is 72.8 Å². The molecule has 0 radical (unpaired) electrons. The van der Waals surface area contributed by atoms with Gasteiger partial charge in [-0.2, -0.15) is 0 Å². The summed E-state index contributed by atoms with van der Waals surface area (Å²) in [4.78, 5) is 0. The van der Waals surface area contributed by atoms with Crippen LogP contribution in [0.2, 0.25) is 0 Å². The SMILES string of the molecule is c1ccc2c(c1)Cc1c-2ccc2cc3ccccc3cc12. The van der Waals surface area contributed by atoms with Gasteiger partial charge in [0.25, 0.3) is 0 Å². The van der Waals surface area contributed by atoms with E-state index in [2.05, 4.69) is 72.8 Å². The van der Waals surface area contributed by atoms with Crippen LogP contribution in [0.25, 0.3) is 32.7 Å². The quantitative estimate of drug-likeness (QED) is 0.322. The summed E-state index contributed by atoms with van der Waals surface area (Å²) in [7, 11) is 0. The standard InChI is InChI=1S/C21H14/c1-2-6-15-12-20-17(11-14(15)5-1)9-10-19-18-8-4-3-7-16(18)13-21(19)20/h1-12H,13H2. The normalized spacial score (nSPS) is 12.6. The molecular formula is C21H14. The topological polar surface area (TPSA) is 0 Å². The maximum atomic E-state index is 2.36. The molecule has 0 heteroatoms. The molecule has 0 atom stereocenters. The first-order valence-corrected chi connectivity index (χ1v) is 7.43. The van der Waals surface area contributed by atoms with Crippen LogP contribution in [-0.4, -0.2) is 0 Å². The minimum atomic E-state index is 1.06. The Kier molecular flexibility index (Phi) is 2.09. The highest BCUT2D eigenvalue weighted by Crippen LogP contribution is 2.41. The highest BCUT2D eigenvalue weighted by Gasteiger charge is 2.19. The van der Waals surface area contributed by atoms with Crippen molar-refractivity contribution < 1.29 is 0 Å². The summed E-state index contributed by atoms with van der Waals surface area (Å²) in [6, 6.07) is 26.6. The van der Waals surface area contributed by atoms with Crippen molar-refractivity contribution in [3.8, 4) is 11.1 Å². The Bertz CT molecular complexity index is 1010. The fourth-order valence-corrected chi connectivity index (χ4v) is 3.65. The fourth-order valence-electron chi connectivity index (χ4n) is 3.65. The van der Waals surface area contributed by atoms with Crippen molar-refractivity contribution in [2.75, 3.05) is 0 Å². The van der Waals surface area contributed by atoms with Gasteiger partial charge in [-0.15, -0.1) is 0 Å². The number of hydrogen-bond donors (Lipinski definition) is 0. The average Bonchev–Trinajstić information content (AvgIpc) is 2.92. The van der Waals surface area contributed by atoms with Gasteiger partial charge in [-0.1, -0.05) is 60.7 Å². The lowest BCUT2D eigenvalue weighted by Crippen LogP contribution is -1.85. The summed E-state index contributed by atoms with van der Waals surface area (Å²) in [6.07, 6.45) is 1.06. The van der Waals surface area contributed by atoms with Gasteiger partial charge in [-0.05, 0) is 62.4 Å². The summed E-state index contributed by atoms with van der Waals surface area (Å²) in [5.74, 6) is 0. The second kappa shape index (κ2) is 3.95. The Morgan fingerprint density at radius 3 is 2.24 bits per heavy atom. The maximum absolute atomic E-state index is 2.36. The van der Waals surface area contributed by atoms with Crippen LogP contribution in [0.4, 0.5) is 0 Å². The summed E-state index contributed by atoms with van der Waals surface area (Å²) < 4.78 is 0. The van der Waals surface area contributed by atoms with Crippen LogP contribution in [0.5, 0.6) is 0 Å². The van der Waals surface area contributed by atoms with Crippen LogP contribution in [0.3, 0.4) is 0 Å². The van der Waals surface area contributed by atoms with Gasteiger partial charge in [0.2, 0.25) is 0 Å². The van der Waals surface area contributed by atoms with E-state index >= 15 is 0 Å². The summed E-state index contributed by atoms with van der Waals surface area (Å²) in [5.41, 5.74) is 5.75. The third kappa shape index (κ3) is 1.50. The van der Waals surface area contributed by atoms with E-state index in [1.807, 2.05) is 0 Å². The van der Waals surface area contributed by atoms with Crippen LogP contribution < -0.4 is 0 Å². The van der Waals surface area contributed by atoms with E-state index in [1.54, 1.807) is 0 Å². The molecule has 0 saturated heterocycles. The molecule has 1 aliphatic carbocycles. The zero-order valence-corrected chi connectivity index (χ0v) is 11.6. The lowest BCUT2D eigenvalue weighted by molar-refractivity contribution is 1.28. The van der Waals surface area contributed by atoms with E-state index in [1.165, 1.54) is 43.8 Å². The molecule has 0 unspecified atom stereocenters. The third-order valence-corrected chi connectivity index (χ3v) is 4.67. The van der Waals surface area contributed by atoms with E-state index in [0.29, 0.717) is 0 Å². The molecule has 98 valence electrons. The molecule has 0 amide bonds. The van der Waals surface area contributed by atoms with Crippen molar-refractivity contribution in [1.82, 2.24) is 0 Å². The number of rotatable bonds is 0. The van der Waals surface area contributed by atoms with Crippen molar-refractivity contribution in [3.63, 3.8) is 0 Å². The van der Waals surface area contributed by atoms with Gasteiger partial charge < -0.3 is 0 Å². The first kappa shape index (κ1) is 11.1. The summed E-state index contributed by atoms with van der Waals surface area (Å²) in [6.45, 7) is 0. The minimum absolute atomic E-state index is 1.06. The molecule has 0 bridgehead atoms. The molecule has 5 rings (SSSR count). The highest BCUT2D eigenvalue weighted by molar-refractivity contribution is 6.03. The van der Waals surface area contributed by atoms with Gasteiger partial charge in [0.1, 0.15) is 0 Å². The molecule has 0 fully saturated rings. The van der Waals surface area contributed by atoms with E-state index in [0.717, 1.165) is 6.42 Å². The van der Waals surface area contributed by atoms with Gasteiger partial charge in [0.15, 0.2) is 0 Å². The fraction of sp³-hybridized carbons (Fsp3) is 0.0476. The Labute approximate surface area is 123 Å². The molecule has 0 nitrogen and oxygen atoms in total. The molecule has 0 N–H and O–H groups in total. The van der Waals surface area contributed by atoms with Crippen LogP contribution >= 0.6 is 0 Å². The lowest BCUT2D eigenvalue weighted by atomic mass is 9.96. The van der Waals surface area contributed by atoms with Crippen molar-refractivity contribution in [3.05, 3.63) is 83.9 Å². The Hall–Kier alpha value is -2.60. The molecule has 21 heavy (non-hydrogen) atoms. The molecular weight excluding hydrogens is 252 g/mol. The molecule has 0 aromatic heterocycles. The molecule has 0 spiro atoms. The van der Waals surface area contributed by atoms with E-state index < -0.39 is 0 Å². The monoisotopic (exact) mass is 266 g/mol. The first-order chi connectivity index (χ1) is 10.4. The molecule has 4 aromatic carbocycles. The predicted octanol–water partition coefficient (Wildman–Crippen LogP) is 5.56. The van der Waals surface area contributed by atoms with Crippen molar-refractivity contribution in [1.29, 1.82) is 0 Å². The first-order valence-electron chi connectivity index (χ1n) is 7.43. The predicted molar refractivity (Wildman–Crippen MR) is 89.7 cm³/mol. The Morgan fingerprint density at radius 1 is 0.571 bits per heavy atom. The van der Waals surface area contributed by atoms with Crippen molar-refractivity contribution in [2.45, 2.75) is 6.42 Å². The molecule has 4 aromatic rings. The van der Waals surface area contributed by atoms with Crippen LogP contribution in [-0.2, 0) is 6.42 Å². The average molecular weight is 266 g/mol. The van der Waals surface area contributed by atoms with Gasteiger partial charge in [-0.3, -0.25) is 0 Å². The molecule has 0 saturated carbocycles. The minimum Gasteiger partial charge on any atom is -0.0619 e. The largest absolute Gasteiger partial charge is 0.0619 e. The van der Waals surface area contributed by atoms with E-state index in [4.69, 9.17) is 0 Å². The smallest absolute Gasteiger partial charge is 0.000728 e. The second-order valence-electron chi connectivity index (χ2n) is 5.85. The van der Waals surface area contributed by atoms with Crippen molar-refractivity contribution >= 4 is 21.5 Å². The molecule has 1 aliphatic rings. The van der Waals surface area contributed by atoms with Crippen LogP contribution in [0, 0.1) is 0 Å².